The Morgan fingerprint density at radius 2 is 1.94 bits per heavy atom. The second-order valence-electron chi connectivity index (χ2n) is 5.26. The third kappa shape index (κ3) is 3.34. The highest BCUT2D eigenvalue weighted by molar-refractivity contribution is 5.59. The van der Waals surface area contributed by atoms with E-state index < -0.39 is 0 Å². The molecule has 0 radical (unpaired) electrons. The predicted octanol–water partition coefficient (Wildman–Crippen LogP) is 3.12. The number of hydrogen-bond donors (Lipinski definition) is 1. The summed E-state index contributed by atoms with van der Waals surface area (Å²) >= 11 is 0. The van der Waals surface area contributed by atoms with Gasteiger partial charge in [0.15, 0.2) is 0 Å². The van der Waals surface area contributed by atoms with Gasteiger partial charge in [-0.3, -0.25) is 0 Å². The van der Waals surface area contributed by atoms with Crippen LogP contribution < -0.4 is 10.2 Å². The van der Waals surface area contributed by atoms with E-state index in [-0.39, 0.29) is 0 Å². The van der Waals surface area contributed by atoms with Crippen molar-refractivity contribution < 1.29 is 0 Å². The summed E-state index contributed by atoms with van der Waals surface area (Å²) < 4.78 is 0. The highest BCUT2D eigenvalue weighted by Crippen LogP contribution is 2.30. The molecule has 1 aromatic heterocycles. The molecule has 0 aliphatic carbocycles. The summed E-state index contributed by atoms with van der Waals surface area (Å²) in [5.41, 5.74) is 1.20. The van der Waals surface area contributed by atoms with Crippen molar-refractivity contribution in [3.8, 4) is 0 Å². The van der Waals surface area contributed by atoms with Crippen molar-refractivity contribution in [3.63, 3.8) is 0 Å². The van der Waals surface area contributed by atoms with Gasteiger partial charge in [-0.2, -0.15) is 0 Å². The van der Waals surface area contributed by atoms with Crippen molar-refractivity contribution >= 4 is 11.6 Å². The molecule has 0 saturated carbocycles. The summed E-state index contributed by atoms with van der Waals surface area (Å²) in [6, 6.07) is 0. The second kappa shape index (κ2) is 6.57. The van der Waals surface area contributed by atoms with Crippen LogP contribution in [0.2, 0.25) is 0 Å². The molecule has 1 atom stereocenters. The van der Waals surface area contributed by atoms with Gasteiger partial charge in [0.1, 0.15) is 18.0 Å². The van der Waals surface area contributed by atoms with Crippen LogP contribution in [-0.2, 0) is 0 Å². The Bertz CT molecular complexity index is 376. The zero-order valence-corrected chi connectivity index (χ0v) is 12.5. The minimum atomic E-state index is 0.406. The quantitative estimate of drug-likeness (QED) is 0.842. The van der Waals surface area contributed by atoms with Gasteiger partial charge >= 0.3 is 0 Å². The van der Waals surface area contributed by atoms with E-state index in [2.05, 4.69) is 54.9 Å². The third-order valence-electron chi connectivity index (χ3n) is 3.32. The van der Waals surface area contributed by atoms with Crippen molar-refractivity contribution in [2.45, 2.75) is 40.0 Å². The van der Waals surface area contributed by atoms with Crippen molar-refractivity contribution in [1.82, 2.24) is 9.97 Å². The van der Waals surface area contributed by atoms with Crippen LogP contribution in [0.15, 0.2) is 6.33 Å². The largest absolute Gasteiger partial charge is 0.373 e. The number of hydrogen-bond acceptors (Lipinski definition) is 4. The summed E-state index contributed by atoms with van der Waals surface area (Å²) in [5, 5.41) is 3.16. The van der Waals surface area contributed by atoms with E-state index in [1.807, 2.05) is 7.05 Å². The molecule has 0 aliphatic heterocycles. The molecular weight excluding hydrogens is 224 g/mol. The van der Waals surface area contributed by atoms with Gasteiger partial charge in [0.2, 0.25) is 0 Å². The first-order valence-corrected chi connectivity index (χ1v) is 6.74. The normalized spacial score (nSPS) is 12.6. The fraction of sp³-hybridized carbons (Fsp3) is 0.714. The monoisotopic (exact) mass is 250 g/mol. The molecule has 0 saturated heterocycles. The SMILES string of the molecule is CCC(C)CN(C)c1ncnc(NC)c1C(C)C. The maximum atomic E-state index is 4.47. The first-order valence-electron chi connectivity index (χ1n) is 6.74. The van der Waals surface area contributed by atoms with Gasteiger partial charge in [-0.25, -0.2) is 9.97 Å². The lowest BCUT2D eigenvalue weighted by Gasteiger charge is -2.26. The van der Waals surface area contributed by atoms with Gasteiger partial charge in [-0.15, -0.1) is 0 Å². The van der Waals surface area contributed by atoms with E-state index in [1.54, 1.807) is 6.33 Å². The number of anilines is 2. The van der Waals surface area contributed by atoms with Gasteiger partial charge in [-0.1, -0.05) is 34.1 Å². The lowest BCUT2D eigenvalue weighted by molar-refractivity contribution is 0.556. The van der Waals surface area contributed by atoms with Gasteiger partial charge < -0.3 is 10.2 Å². The van der Waals surface area contributed by atoms with E-state index >= 15 is 0 Å². The molecule has 1 aromatic rings. The Balaban J connectivity index is 3.07. The molecule has 0 spiro atoms. The number of nitrogens with zero attached hydrogens (tertiary/aromatic N) is 3. The maximum Gasteiger partial charge on any atom is 0.137 e. The minimum absolute atomic E-state index is 0.406. The van der Waals surface area contributed by atoms with Crippen LogP contribution in [0.25, 0.3) is 0 Å². The van der Waals surface area contributed by atoms with Crippen LogP contribution >= 0.6 is 0 Å². The number of nitrogens with one attached hydrogen (secondary N) is 1. The Hall–Kier alpha value is -1.32. The summed E-state index contributed by atoms with van der Waals surface area (Å²) in [6.07, 6.45) is 2.82. The minimum Gasteiger partial charge on any atom is -0.373 e. The molecule has 0 aliphatic rings. The summed E-state index contributed by atoms with van der Waals surface area (Å²) in [4.78, 5) is 11.0. The van der Waals surface area contributed by atoms with Crippen molar-refractivity contribution in [3.05, 3.63) is 11.9 Å². The zero-order chi connectivity index (χ0) is 13.7. The van der Waals surface area contributed by atoms with Gasteiger partial charge in [0.25, 0.3) is 0 Å². The first kappa shape index (κ1) is 14.7. The molecule has 0 aromatic carbocycles. The van der Waals surface area contributed by atoms with Crippen LogP contribution in [0.4, 0.5) is 11.6 Å². The van der Waals surface area contributed by atoms with E-state index in [9.17, 15) is 0 Å². The molecule has 0 bridgehead atoms. The van der Waals surface area contributed by atoms with Gasteiger partial charge in [0, 0.05) is 26.2 Å². The highest BCUT2D eigenvalue weighted by atomic mass is 15.2. The van der Waals surface area contributed by atoms with Crippen LogP contribution in [0.1, 0.15) is 45.6 Å². The van der Waals surface area contributed by atoms with Crippen LogP contribution in [-0.4, -0.2) is 30.6 Å². The molecule has 1 unspecified atom stereocenters. The van der Waals surface area contributed by atoms with Crippen molar-refractivity contribution in [2.75, 3.05) is 30.9 Å². The second-order valence-corrected chi connectivity index (χ2v) is 5.26. The Kier molecular flexibility index (Phi) is 5.38. The predicted molar refractivity (Wildman–Crippen MR) is 78.4 cm³/mol. The van der Waals surface area contributed by atoms with E-state index in [0.29, 0.717) is 11.8 Å². The fourth-order valence-corrected chi connectivity index (χ4v) is 2.10. The van der Waals surface area contributed by atoms with Crippen LogP contribution in [0, 0.1) is 5.92 Å². The summed E-state index contributed by atoms with van der Waals surface area (Å²) in [5.74, 6) is 3.06. The Morgan fingerprint density at radius 1 is 1.28 bits per heavy atom. The zero-order valence-electron chi connectivity index (χ0n) is 12.5. The average molecular weight is 250 g/mol. The lowest BCUT2D eigenvalue weighted by Crippen LogP contribution is -2.26. The molecular formula is C14H26N4. The Morgan fingerprint density at radius 3 is 2.44 bits per heavy atom. The summed E-state index contributed by atoms with van der Waals surface area (Å²) in [6.45, 7) is 9.88. The molecule has 1 heterocycles. The average Bonchev–Trinajstić information content (AvgIpc) is 2.37. The smallest absolute Gasteiger partial charge is 0.137 e. The van der Waals surface area contributed by atoms with Crippen LogP contribution in [0.3, 0.4) is 0 Å². The Labute approximate surface area is 111 Å². The lowest BCUT2D eigenvalue weighted by atomic mass is 10.0. The molecule has 0 fully saturated rings. The van der Waals surface area contributed by atoms with Crippen molar-refractivity contribution in [1.29, 1.82) is 0 Å². The topological polar surface area (TPSA) is 41.1 Å². The molecule has 102 valence electrons. The van der Waals surface area contributed by atoms with E-state index in [4.69, 9.17) is 0 Å². The first-order chi connectivity index (χ1) is 8.51. The molecule has 4 heteroatoms. The fourth-order valence-electron chi connectivity index (χ4n) is 2.10. The summed E-state index contributed by atoms with van der Waals surface area (Å²) in [7, 11) is 4.02. The third-order valence-corrected chi connectivity index (χ3v) is 3.32. The van der Waals surface area contributed by atoms with Gasteiger partial charge in [-0.05, 0) is 11.8 Å². The molecule has 4 nitrogen and oxygen atoms in total. The maximum absolute atomic E-state index is 4.47. The molecule has 1 N–H and O–H groups in total. The highest BCUT2D eigenvalue weighted by Gasteiger charge is 2.17. The van der Waals surface area contributed by atoms with Crippen molar-refractivity contribution in [2.24, 2.45) is 5.92 Å². The number of aromatic nitrogens is 2. The standard InChI is InChI=1S/C14H26N4/c1-7-11(4)8-18(6)14-12(10(2)3)13(15-5)16-9-17-14/h9-11H,7-8H2,1-6H3,(H,15,16,17). The molecule has 1 rings (SSSR count). The molecule has 18 heavy (non-hydrogen) atoms. The molecule has 0 amide bonds. The van der Waals surface area contributed by atoms with E-state index in [1.165, 1.54) is 12.0 Å². The van der Waals surface area contributed by atoms with Gasteiger partial charge in [0.05, 0.1) is 0 Å². The van der Waals surface area contributed by atoms with Crippen LogP contribution in [0.5, 0.6) is 0 Å². The number of rotatable bonds is 6. The van der Waals surface area contributed by atoms with E-state index in [0.717, 1.165) is 18.2 Å².